The summed E-state index contributed by atoms with van der Waals surface area (Å²) < 4.78 is 13.2. The van der Waals surface area contributed by atoms with Gasteiger partial charge in [0.1, 0.15) is 5.82 Å². The molecular formula is C23H24FN3OS. The number of aromatic amines is 1. The molecule has 2 aromatic carbocycles. The number of hydrogen-bond donors (Lipinski definition) is 1. The first-order valence-corrected chi connectivity index (χ1v) is 11.1. The molecule has 4 rings (SSSR count). The average molecular weight is 410 g/mol. The van der Waals surface area contributed by atoms with Crippen molar-refractivity contribution in [1.82, 2.24) is 15.1 Å². The lowest BCUT2D eigenvalue weighted by molar-refractivity contribution is 0.0809. The van der Waals surface area contributed by atoms with Crippen molar-refractivity contribution in [2.24, 2.45) is 5.92 Å². The van der Waals surface area contributed by atoms with E-state index in [0.29, 0.717) is 0 Å². The van der Waals surface area contributed by atoms with Gasteiger partial charge in [-0.05, 0) is 56.0 Å². The molecule has 0 amide bonds. The van der Waals surface area contributed by atoms with Crippen molar-refractivity contribution < 1.29 is 9.18 Å². The van der Waals surface area contributed by atoms with Crippen LogP contribution in [0.3, 0.4) is 0 Å². The maximum atomic E-state index is 13.2. The van der Waals surface area contributed by atoms with Crippen LogP contribution in [0.5, 0.6) is 0 Å². The fraction of sp³-hybridized carbons (Fsp3) is 0.304. The predicted molar refractivity (Wildman–Crippen MR) is 115 cm³/mol. The van der Waals surface area contributed by atoms with Gasteiger partial charge in [0.2, 0.25) is 0 Å². The van der Waals surface area contributed by atoms with E-state index in [4.69, 9.17) is 0 Å². The van der Waals surface area contributed by atoms with Crippen molar-refractivity contribution in [3.05, 3.63) is 71.7 Å². The van der Waals surface area contributed by atoms with Crippen LogP contribution in [-0.4, -0.2) is 40.2 Å². The number of H-pyrrole nitrogens is 1. The number of nitrogens with one attached hydrogen (secondary N) is 1. The van der Waals surface area contributed by atoms with Gasteiger partial charge in [-0.15, -0.1) is 11.8 Å². The topological polar surface area (TPSA) is 49.0 Å². The fourth-order valence-corrected chi connectivity index (χ4v) is 4.62. The van der Waals surface area contributed by atoms with E-state index in [9.17, 15) is 9.18 Å². The molecular weight excluding hydrogens is 385 g/mol. The third-order valence-corrected chi connectivity index (χ3v) is 6.29. The Bertz CT molecular complexity index is 986. The Balaban J connectivity index is 1.48. The summed E-state index contributed by atoms with van der Waals surface area (Å²) in [5, 5.41) is 7.23. The van der Waals surface area contributed by atoms with Crippen LogP contribution in [0, 0.1) is 11.7 Å². The first-order valence-electron chi connectivity index (χ1n) is 9.83. The molecule has 4 nitrogen and oxygen atoms in total. The molecule has 0 spiro atoms. The summed E-state index contributed by atoms with van der Waals surface area (Å²) in [6.07, 6.45) is 5.76. The van der Waals surface area contributed by atoms with Crippen LogP contribution in [-0.2, 0) is 6.54 Å². The van der Waals surface area contributed by atoms with Crippen molar-refractivity contribution in [2.45, 2.75) is 24.3 Å². The van der Waals surface area contributed by atoms with Crippen molar-refractivity contribution in [1.29, 1.82) is 0 Å². The molecule has 29 heavy (non-hydrogen) atoms. The number of nitrogens with zero attached hydrogens (tertiary/aromatic N) is 2. The Kier molecular flexibility index (Phi) is 6.11. The molecule has 1 aliphatic heterocycles. The molecule has 1 fully saturated rings. The zero-order valence-corrected chi connectivity index (χ0v) is 17.2. The Hall–Kier alpha value is -2.44. The second-order valence-electron chi connectivity index (χ2n) is 7.42. The van der Waals surface area contributed by atoms with Gasteiger partial charge in [0.15, 0.2) is 5.78 Å². The molecule has 1 N–H and O–H groups in total. The quantitative estimate of drug-likeness (QED) is 0.458. The first-order chi connectivity index (χ1) is 14.2. The molecule has 150 valence electrons. The van der Waals surface area contributed by atoms with Crippen LogP contribution < -0.4 is 0 Å². The first kappa shape index (κ1) is 19.9. The largest absolute Gasteiger partial charge is 0.298 e. The molecule has 2 heterocycles. The summed E-state index contributed by atoms with van der Waals surface area (Å²) in [5.41, 5.74) is 3.72. The van der Waals surface area contributed by atoms with E-state index in [-0.39, 0.29) is 17.5 Å². The number of likely N-dealkylation sites (tertiary alicyclic amines) is 1. The Morgan fingerprint density at radius 1 is 1.24 bits per heavy atom. The highest BCUT2D eigenvalue weighted by Crippen LogP contribution is 2.29. The van der Waals surface area contributed by atoms with Gasteiger partial charge in [0.25, 0.3) is 0 Å². The van der Waals surface area contributed by atoms with E-state index in [0.717, 1.165) is 59.8 Å². The number of carbonyl (C=O) groups is 1. The number of benzene rings is 2. The molecule has 0 aliphatic carbocycles. The molecule has 3 aromatic rings. The minimum atomic E-state index is -0.252. The van der Waals surface area contributed by atoms with Gasteiger partial charge >= 0.3 is 0 Å². The Morgan fingerprint density at radius 2 is 2.03 bits per heavy atom. The van der Waals surface area contributed by atoms with Gasteiger partial charge in [-0.3, -0.25) is 14.8 Å². The number of thioether (sulfide) groups is 1. The van der Waals surface area contributed by atoms with Crippen LogP contribution in [0.4, 0.5) is 4.39 Å². The van der Waals surface area contributed by atoms with Gasteiger partial charge in [-0.25, -0.2) is 4.39 Å². The molecule has 1 atom stereocenters. The normalized spacial score (nSPS) is 17.4. The molecule has 1 saturated heterocycles. The van der Waals surface area contributed by atoms with E-state index in [1.807, 2.05) is 36.7 Å². The summed E-state index contributed by atoms with van der Waals surface area (Å²) in [4.78, 5) is 16.5. The SMILES string of the molecule is CSc1ccccc1C(=O)[C@@H]1CCCN(Cc2cn[nH]c2-c2ccc(F)cc2)C1. The van der Waals surface area contributed by atoms with Crippen LogP contribution >= 0.6 is 11.8 Å². The molecule has 1 aliphatic rings. The van der Waals surface area contributed by atoms with E-state index < -0.39 is 0 Å². The van der Waals surface area contributed by atoms with E-state index in [1.165, 1.54) is 12.1 Å². The van der Waals surface area contributed by atoms with Gasteiger partial charge in [0, 0.05) is 40.6 Å². The lowest BCUT2D eigenvalue weighted by Crippen LogP contribution is -2.38. The Morgan fingerprint density at radius 3 is 2.83 bits per heavy atom. The summed E-state index contributed by atoms with van der Waals surface area (Å²) in [6.45, 7) is 2.43. The maximum Gasteiger partial charge on any atom is 0.168 e. The number of halogens is 1. The number of aromatic nitrogens is 2. The van der Waals surface area contributed by atoms with Crippen molar-refractivity contribution in [2.75, 3.05) is 19.3 Å². The zero-order chi connectivity index (χ0) is 20.2. The van der Waals surface area contributed by atoms with Gasteiger partial charge in [-0.2, -0.15) is 5.10 Å². The third-order valence-electron chi connectivity index (χ3n) is 5.49. The second-order valence-corrected chi connectivity index (χ2v) is 8.26. The van der Waals surface area contributed by atoms with E-state index in [1.54, 1.807) is 23.9 Å². The minimum Gasteiger partial charge on any atom is -0.298 e. The average Bonchev–Trinajstić information content (AvgIpc) is 3.22. The van der Waals surface area contributed by atoms with Gasteiger partial charge in [0.05, 0.1) is 11.9 Å². The number of carbonyl (C=O) groups excluding carboxylic acids is 1. The van der Waals surface area contributed by atoms with Crippen LogP contribution in [0.2, 0.25) is 0 Å². The molecule has 0 radical (unpaired) electrons. The molecule has 0 saturated carbocycles. The minimum absolute atomic E-state index is 0.0122. The number of rotatable bonds is 6. The van der Waals surface area contributed by atoms with Gasteiger partial charge in [-0.1, -0.05) is 18.2 Å². The highest BCUT2D eigenvalue weighted by molar-refractivity contribution is 7.98. The molecule has 6 heteroatoms. The monoisotopic (exact) mass is 409 g/mol. The summed E-state index contributed by atoms with van der Waals surface area (Å²) in [5.74, 6) is 0.00143. The zero-order valence-electron chi connectivity index (χ0n) is 16.4. The highest BCUT2D eigenvalue weighted by Gasteiger charge is 2.28. The predicted octanol–water partition coefficient (Wildman–Crippen LogP) is 5.03. The molecule has 0 unspecified atom stereocenters. The van der Waals surface area contributed by atoms with E-state index >= 15 is 0 Å². The lowest BCUT2D eigenvalue weighted by atomic mass is 9.89. The standard InChI is InChI=1S/C23H24FN3OS/c1-29-21-7-3-2-6-20(21)23(28)17-5-4-12-27(14-17)15-18-13-25-26-22(18)16-8-10-19(24)11-9-16/h2-3,6-11,13,17H,4-5,12,14-15H2,1H3,(H,25,26)/t17-/m1/s1. The van der Waals surface area contributed by atoms with Crippen LogP contribution in [0.1, 0.15) is 28.8 Å². The van der Waals surface area contributed by atoms with Crippen molar-refractivity contribution in [3.63, 3.8) is 0 Å². The smallest absolute Gasteiger partial charge is 0.168 e. The highest BCUT2D eigenvalue weighted by atomic mass is 32.2. The fourth-order valence-electron chi connectivity index (χ4n) is 4.02. The summed E-state index contributed by atoms with van der Waals surface area (Å²) in [7, 11) is 0. The molecule has 0 bridgehead atoms. The maximum absolute atomic E-state index is 13.2. The second kappa shape index (κ2) is 8.93. The summed E-state index contributed by atoms with van der Waals surface area (Å²) in [6, 6.07) is 14.3. The van der Waals surface area contributed by atoms with E-state index in [2.05, 4.69) is 15.1 Å². The van der Waals surface area contributed by atoms with Crippen LogP contribution in [0.15, 0.2) is 59.6 Å². The van der Waals surface area contributed by atoms with Crippen LogP contribution in [0.25, 0.3) is 11.3 Å². The van der Waals surface area contributed by atoms with Gasteiger partial charge < -0.3 is 0 Å². The van der Waals surface area contributed by atoms with Crippen molar-refractivity contribution >= 4 is 17.5 Å². The number of piperidine rings is 1. The third kappa shape index (κ3) is 4.43. The number of ketones is 1. The number of Topliss-reactive ketones (excluding diaryl/α,β-unsaturated/α-hetero) is 1. The summed E-state index contributed by atoms with van der Waals surface area (Å²) >= 11 is 1.62. The molecule has 1 aromatic heterocycles. The Labute approximate surface area is 174 Å². The van der Waals surface area contributed by atoms with Crippen molar-refractivity contribution in [3.8, 4) is 11.3 Å². The number of hydrogen-bond acceptors (Lipinski definition) is 4. The lowest BCUT2D eigenvalue weighted by Gasteiger charge is -2.32.